The SMILES string of the molecule is O=C(NCc1ccccc1)Nc1ccc(N2CCOCC2=O)cc1. The Kier molecular flexibility index (Phi) is 5.08. The summed E-state index contributed by atoms with van der Waals surface area (Å²) in [6.07, 6.45) is 0. The van der Waals surface area contributed by atoms with Crippen LogP contribution in [-0.2, 0) is 16.1 Å². The molecule has 0 radical (unpaired) electrons. The molecule has 1 aliphatic heterocycles. The summed E-state index contributed by atoms with van der Waals surface area (Å²) >= 11 is 0. The van der Waals surface area contributed by atoms with Crippen LogP contribution < -0.4 is 15.5 Å². The Bertz CT molecular complexity index is 701. The highest BCUT2D eigenvalue weighted by Gasteiger charge is 2.19. The Labute approximate surface area is 140 Å². The monoisotopic (exact) mass is 325 g/mol. The molecule has 1 heterocycles. The van der Waals surface area contributed by atoms with E-state index in [1.165, 1.54) is 0 Å². The van der Waals surface area contributed by atoms with E-state index in [0.29, 0.717) is 25.4 Å². The number of hydrogen-bond donors (Lipinski definition) is 2. The molecule has 0 unspecified atom stereocenters. The fourth-order valence-electron chi connectivity index (χ4n) is 2.47. The van der Waals surface area contributed by atoms with Gasteiger partial charge in [-0.25, -0.2) is 4.79 Å². The second kappa shape index (κ2) is 7.61. The first kappa shape index (κ1) is 16.0. The lowest BCUT2D eigenvalue weighted by Gasteiger charge is -2.26. The number of ether oxygens (including phenoxy) is 1. The minimum Gasteiger partial charge on any atom is -0.370 e. The van der Waals surface area contributed by atoms with Crippen molar-refractivity contribution in [2.45, 2.75) is 6.54 Å². The van der Waals surface area contributed by atoms with E-state index >= 15 is 0 Å². The smallest absolute Gasteiger partial charge is 0.319 e. The molecule has 2 aromatic carbocycles. The molecule has 1 saturated heterocycles. The molecule has 124 valence electrons. The Morgan fingerprint density at radius 1 is 1.08 bits per heavy atom. The van der Waals surface area contributed by atoms with E-state index < -0.39 is 0 Å². The molecule has 24 heavy (non-hydrogen) atoms. The van der Waals surface area contributed by atoms with Gasteiger partial charge in [0.25, 0.3) is 5.91 Å². The lowest BCUT2D eigenvalue weighted by atomic mass is 10.2. The zero-order valence-corrected chi connectivity index (χ0v) is 13.2. The van der Waals surface area contributed by atoms with Crippen molar-refractivity contribution >= 4 is 23.3 Å². The first-order chi connectivity index (χ1) is 11.7. The van der Waals surface area contributed by atoms with E-state index in [0.717, 1.165) is 11.3 Å². The van der Waals surface area contributed by atoms with Crippen LogP contribution in [0.15, 0.2) is 54.6 Å². The number of carbonyl (C=O) groups is 2. The summed E-state index contributed by atoms with van der Waals surface area (Å²) in [5, 5.41) is 5.58. The number of rotatable bonds is 4. The Hall–Kier alpha value is -2.86. The van der Waals surface area contributed by atoms with E-state index in [4.69, 9.17) is 4.74 Å². The van der Waals surface area contributed by atoms with Gasteiger partial charge in [-0.2, -0.15) is 0 Å². The number of benzene rings is 2. The molecule has 2 N–H and O–H groups in total. The van der Waals surface area contributed by atoms with E-state index in [2.05, 4.69) is 10.6 Å². The summed E-state index contributed by atoms with van der Waals surface area (Å²) in [6, 6.07) is 16.6. The molecule has 3 amide bonds. The number of morpholine rings is 1. The number of nitrogens with one attached hydrogen (secondary N) is 2. The first-order valence-electron chi connectivity index (χ1n) is 7.79. The molecule has 0 spiro atoms. The molecule has 0 aromatic heterocycles. The summed E-state index contributed by atoms with van der Waals surface area (Å²) in [7, 11) is 0. The van der Waals surface area contributed by atoms with Crippen molar-refractivity contribution in [3.8, 4) is 0 Å². The van der Waals surface area contributed by atoms with Gasteiger partial charge in [0.1, 0.15) is 6.61 Å². The van der Waals surface area contributed by atoms with Crippen LogP contribution in [0, 0.1) is 0 Å². The molecule has 6 heteroatoms. The first-order valence-corrected chi connectivity index (χ1v) is 7.79. The number of urea groups is 1. The molecule has 2 aromatic rings. The minimum absolute atomic E-state index is 0.0532. The molecule has 0 atom stereocenters. The van der Waals surface area contributed by atoms with Crippen LogP contribution in [-0.4, -0.2) is 31.7 Å². The lowest BCUT2D eigenvalue weighted by Crippen LogP contribution is -2.41. The molecule has 0 saturated carbocycles. The summed E-state index contributed by atoms with van der Waals surface area (Å²) in [6.45, 7) is 1.66. The van der Waals surface area contributed by atoms with Crippen LogP contribution in [0.2, 0.25) is 0 Å². The van der Waals surface area contributed by atoms with E-state index in [9.17, 15) is 9.59 Å². The van der Waals surface area contributed by atoms with Gasteiger partial charge in [0, 0.05) is 24.5 Å². The summed E-state index contributed by atoms with van der Waals surface area (Å²) in [4.78, 5) is 25.4. The quantitative estimate of drug-likeness (QED) is 0.906. The predicted molar refractivity (Wildman–Crippen MR) is 91.9 cm³/mol. The molecule has 0 aliphatic carbocycles. The van der Waals surface area contributed by atoms with Crippen molar-refractivity contribution in [2.24, 2.45) is 0 Å². The fraction of sp³-hybridized carbons (Fsp3) is 0.222. The highest BCUT2D eigenvalue weighted by molar-refractivity contribution is 5.95. The molecular formula is C18H19N3O3. The third-order valence-corrected chi connectivity index (χ3v) is 3.72. The van der Waals surface area contributed by atoms with E-state index in [-0.39, 0.29) is 18.5 Å². The van der Waals surface area contributed by atoms with Crippen LogP contribution in [0.1, 0.15) is 5.56 Å². The van der Waals surface area contributed by atoms with Gasteiger partial charge in [-0.1, -0.05) is 30.3 Å². The largest absolute Gasteiger partial charge is 0.370 e. The summed E-state index contributed by atoms with van der Waals surface area (Å²) < 4.78 is 5.12. The maximum Gasteiger partial charge on any atom is 0.319 e. The number of amides is 3. The van der Waals surface area contributed by atoms with Crippen LogP contribution in [0.4, 0.5) is 16.2 Å². The Morgan fingerprint density at radius 3 is 2.54 bits per heavy atom. The Balaban J connectivity index is 1.54. The fourth-order valence-corrected chi connectivity index (χ4v) is 2.47. The summed E-state index contributed by atoms with van der Waals surface area (Å²) in [5.74, 6) is -0.0532. The topological polar surface area (TPSA) is 70.7 Å². The second-order valence-corrected chi connectivity index (χ2v) is 5.44. The van der Waals surface area contributed by atoms with Gasteiger partial charge < -0.3 is 20.3 Å². The van der Waals surface area contributed by atoms with Crippen molar-refractivity contribution < 1.29 is 14.3 Å². The average molecular weight is 325 g/mol. The molecule has 1 fully saturated rings. The van der Waals surface area contributed by atoms with Gasteiger partial charge in [0.15, 0.2) is 0 Å². The van der Waals surface area contributed by atoms with Gasteiger partial charge in [-0.05, 0) is 29.8 Å². The van der Waals surface area contributed by atoms with Crippen molar-refractivity contribution in [3.63, 3.8) is 0 Å². The van der Waals surface area contributed by atoms with Gasteiger partial charge in [-0.3, -0.25) is 4.79 Å². The lowest BCUT2D eigenvalue weighted by molar-refractivity contribution is -0.125. The van der Waals surface area contributed by atoms with Crippen LogP contribution >= 0.6 is 0 Å². The normalized spacial score (nSPS) is 14.3. The number of nitrogens with zero attached hydrogens (tertiary/aromatic N) is 1. The molecular weight excluding hydrogens is 306 g/mol. The maximum atomic E-state index is 11.9. The maximum absolute atomic E-state index is 11.9. The van der Waals surface area contributed by atoms with Crippen molar-refractivity contribution in [1.29, 1.82) is 0 Å². The summed E-state index contributed by atoms with van der Waals surface area (Å²) in [5.41, 5.74) is 2.51. The van der Waals surface area contributed by atoms with Crippen LogP contribution in [0.25, 0.3) is 0 Å². The Morgan fingerprint density at radius 2 is 1.83 bits per heavy atom. The van der Waals surface area contributed by atoms with Gasteiger partial charge in [0.2, 0.25) is 0 Å². The highest BCUT2D eigenvalue weighted by Crippen LogP contribution is 2.19. The van der Waals surface area contributed by atoms with Crippen LogP contribution in [0.5, 0.6) is 0 Å². The molecule has 0 bridgehead atoms. The number of carbonyl (C=O) groups excluding carboxylic acids is 2. The number of anilines is 2. The van der Waals surface area contributed by atoms with Gasteiger partial charge in [0.05, 0.1) is 6.61 Å². The molecule has 1 aliphatic rings. The zero-order valence-electron chi connectivity index (χ0n) is 13.2. The van der Waals surface area contributed by atoms with Crippen LogP contribution in [0.3, 0.4) is 0 Å². The van der Waals surface area contributed by atoms with Gasteiger partial charge >= 0.3 is 6.03 Å². The van der Waals surface area contributed by atoms with Gasteiger partial charge in [-0.15, -0.1) is 0 Å². The number of hydrogen-bond acceptors (Lipinski definition) is 3. The van der Waals surface area contributed by atoms with Crippen molar-refractivity contribution in [3.05, 3.63) is 60.2 Å². The van der Waals surface area contributed by atoms with E-state index in [1.807, 2.05) is 42.5 Å². The predicted octanol–water partition coefficient (Wildman–Crippen LogP) is 2.37. The molecule has 6 nitrogen and oxygen atoms in total. The average Bonchev–Trinajstić information content (AvgIpc) is 2.62. The van der Waals surface area contributed by atoms with E-state index in [1.54, 1.807) is 17.0 Å². The molecule has 3 rings (SSSR count). The standard InChI is InChI=1S/C18H19N3O3/c22-17-13-24-11-10-21(17)16-8-6-15(7-9-16)20-18(23)19-12-14-4-2-1-3-5-14/h1-9H,10-13H2,(H2,19,20,23). The third-order valence-electron chi connectivity index (χ3n) is 3.72. The zero-order chi connectivity index (χ0) is 16.8. The van der Waals surface area contributed by atoms with Crippen molar-refractivity contribution in [1.82, 2.24) is 5.32 Å². The second-order valence-electron chi connectivity index (χ2n) is 5.44. The highest BCUT2D eigenvalue weighted by atomic mass is 16.5. The van der Waals surface area contributed by atoms with Crippen molar-refractivity contribution in [2.75, 3.05) is 30.0 Å². The minimum atomic E-state index is -0.269. The third kappa shape index (κ3) is 4.11.